The van der Waals surface area contributed by atoms with Gasteiger partial charge < -0.3 is 10.1 Å². The number of nitrogens with zero attached hydrogens (tertiary/aromatic N) is 1. The second-order valence-electron chi connectivity index (χ2n) is 4.72. The van der Waals surface area contributed by atoms with E-state index in [-0.39, 0.29) is 6.04 Å². The first-order valence-electron chi connectivity index (χ1n) is 7.07. The maximum Gasteiger partial charge on any atom is 0.122 e. The fourth-order valence-corrected chi connectivity index (χ4v) is 1.98. The zero-order valence-electron chi connectivity index (χ0n) is 12.1. The van der Waals surface area contributed by atoms with Gasteiger partial charge >= 0.3 is 0 Å². The molecule has 3 nitrogen and oxygen atoms in total. The predicted octanol–water partition coefficient (Wildman–Crippen LogP) is 3.47. The highest BCUT2D eigenvalue weighted by Crippen LogP contribution is 2.28. The van der Waals surface area contributed by atoms with Gasteiger partial charge in [-0.3, -0.25) is 0 Å². The van der Waals surface area contributed by atoms with E-state index in [0.29, 0.717) is 18.9 Å². The van der Waals surface area contributed by atoms with Gasteiger partial charge in [-0.15, -0.1) is 0 Å². The summed E-state index contributed by atoms with van der Waals surface area (Å²) in [6, 6.07) is 10.3. The van der Waals surface area contributed by atoms with Crippen molar-refractivity contribution in [1.29, 1.82) is 5.26 Å². The molecule has 1 aromatic carbocycles. The fourth-order valence-electron chi connectivity index (χ4n) is 1.98. The van der Waals surface area contributed by atoms with Crippen LogP contribution >= 0.6 is 0 Å². The first-order valence-corrected chi connectivity index (χ1v) is 7.07. The predicted molar refractivity (Wildman–Crippen MR) is 78.3 cm³/mol. The van der Waals surface area contributed by atoms with Gasteiger partial charge in [0.05, 0.1) is 18.7 Å². The third-order valence-corrected chi connectivity index (χ3v) is 3.33. The van der Waals surface area contributed by atoms with Crippen LogP contribution in [0, 0.1) is 11.3 Å². The fraction of sp³-hybridized carbons (Fsp3) is 0.562. The third kappa shape index (κ3) is 4.92. The highest BCUT2D eigenvalue weighted by molar-refractivity contribution is 5.35. The Labute approximate surface area is 116 Å². The van der Waals surface area contributed by atoms with Crippen LogP contribution in [0.1, 0.15) is 45.1 Å². The minimum atomic E-state index is -0.124. The largest absolute Gasteiger partial charge is 0.493 e. The number of nitrogens with one attached hydrogen (secondary N) is 1. The monoisotopic (exact) mass is 260 g/mol. The molecular formula is C16H24N2O. The van der Waals surface area contributed by atoms with Gasteiger partial charge in [0.25, 0.3) is 0 Å². The van der Waals surface area contributed by atoms with Gasteiger partial charge in [-0.25, -0.2) is 0 Å². The van der Waals surface area contributed by atoms with Crippen LogP contribution in [0.3, 0.4) is 0 Å². The Hall–Kier alpha value is -1.53. The maximum atomic E-state index is 8.97. The molecule has 2 atom stereocenters. The zero-order valence-corrected chi connectivity index (χ0v) is 12.1. The molecular weight excluding hydrogens is 236 g/mol. The van der Waals surface area contributed by atoms with Crippen LogP contribution in [0.5, 0.6) is 5.75 Å². The summed E-state index contributed by atoms with van der Waals surface area (Å²) in [6.45, 7) is 7.76. The van der Waals surface area contributed by atoms with Crippen LogP contribution in [0.4, 0.5) is 0 Å². The lowest BCUT2D eigenvalue weighted by molar-refractivity contribution is 0.294. The number of rotatable bonds is 8. The van der Waals surface area contributed by atoms with Crippen molar-refractivity contribution in [3.8, 4) is 11.8 Å². The van der Waals surface area contributed by atoms with Crippen LogP contribution in [-0.4, -0.2) is 19.2 Å². The zero-order chi connectivity index (χ0) is 14.1. The molecule has 0 aliphatic rings. The summed E-state index contributed by atoms with van der Waals surface area (Å²) in [4.78, 5) is 0. The van der Waals surface area contributed by atoms with E-state index in [2.05, 4.69) is 31.3 Å². The molecule has 1 rings (SSSR count). The summed E-state index contributed by atoms with van der Waals surface area (Å²) in [5.41, 5.74) is 1.25. The molecule has 3 heteroatoms. The van der Waals surface area contributed by atoms with Crippen LogP contribution in [-0.2, 0) is 0 Å². The lowest BCUT2D eigenvalue weighted by Crippen LogP contribution is -2.28. The van der Waals surface area contributed by atoms with Crippen molar-refractivity contribution >= 4 is 0 Å². The number of nitriles is 1. The molecule has 0 saturated carbocycles. The lowest BCUT2D eigenvalue weighted by Gasteiger charge is -2.16. The van der Waals surface area contributed by atoms with Gasteiger partial charge in [0.15, 0.2) is 0 Å². The minimum absolute atomic E-state index is 0.124. The van der Waals surface area contributed by atoms with Crippen molar-refractivity contribution in [2.45, 2.75) is 45.6 Å². The van der Waals surface area contributed by atoms with E-state index in [4.69, 9.17) is 10.00 Å². The van der Waals surface area contributed by atoms with Gasteiger partial charge in [-0.05, 0) is 30.5 Å². The molecule has 2 unspecified atom stereocenters. The van der Waals surface area contributed by atoms with Gasteiger partial charge in [0, 0.05) is 6.42 Å². The summed E-state index contributed by atoms with van der Waals surface area (Å²) in [5, 5.41) is 12.1. The topological polar surface area (TPSA) is 45.0 Å². The Morgan fingerprint density at radius 2 is 2.05 bits per heavy atom. The summed E-state index contributed by atoms with van der Waals surface area (Å²) in [7, 11) is 0. The number of hydrogen-bond acceptors (Lipinski definition) is 3. The quantitative estimate of drug-likeness (QED) is 0.778. The molecule has 1 N–H and O–H groups in total. The van der Waals surface area contributed by atoms with Crippen molar-refractivity contribution in [2.75, 3.05) is 13.2 Å². The molecule has 0 fully saturated rings. The van der Waals surface area contributed by atoms with E-state index in [1.54, 1.807) is 0 Å². The smallest absolute Gasteiger partial charge is 0.122 e. The van der Waals surface area contributed by atoms with Crippen LogP contribution in [0.25, 0.3) is 0 Å². The van der Waals surface area contributed by atoms with Crippen molar-refractivity contribution in [1.82, 2.24) is 5.32 Å². The van der Waals surface area contributed by atoms with Crippen LogP contribution in [0.2, 0.25) is 0 Å². The molecule has 0 aliphatic heterocycles. The summed E-state index contributed by atoms with van der Waals surface area (Å²) >= 11 is 0. The number of ether oxygens (including phenoxy) is 1. The van der Waals surface area contributed by atoms with Crippen LogP contribution < -0.4 is 10.1 Å². The molecule has 0 aromatic heterocycles. The molecule has 0 radical (unpaired) electrons. The summed E-state index contributed by atoms with van der Waals surface area (Å²) in [6.07, 6.45) is 1.80. The average molecular weight is 260 g/mol. The molecule has 104 valence electrons. The average Bonchev–Trinajstić information content (AvgIpc) is 2.46. The molecule has 1 aromatic rings. The molecule has 0 aliphatic carbocycles. The van der Waals surface area contributed by atoms with Gasteiger partial charge in [-0.2, -0.15) is 5.26 Å². The molecule has 0 amide bonds. The highest BCUT2D eigenvalue weighted by atomic mass is 16.5. The molecule has 0 heterocycles. The number of hydrogen-bond donors (Lipinski definition) is 1. The lowest BCUT2D eigenvalue weighted by atomic mass is 9.98. The summed E-state index contributed by atoms with van der Waals surface area (Å²) < 4.78 is 5.85. The van der Waals surface area contributed by atoms with Crippen molar-refractivity contribution in [3.05, 3.63) is 29.8 Å². The highest BCUT2D eigenvalue weighted by Gasteiger charge is 2.10. The standard InChI is InChI=1S/C16H24N2O/c1-4-13(3)15-8-6-7-9-16(15)19-11-10-14(12-17)18-5-2/h6-9,13-14,18H,4-5,10-11H2,1-3H3. The normalized spacial score (nSPS) is 13.6. The van der Waals surface area contributed by atoms with Gasteiger partial charge in [0.2, 0.25) is 0 Å². The van der Waals surface area contributed by atoms with Crippen LogP contribution in [0.15, 0.2) is 24.3 Å². The van der Waals surface area contributed by atoms with Gasteiger partial charge in [0.1, 0.15) is 5.75 Å². The first kappa shape index (κ1) is 15.5. The van der Waals surface area contributed by atoms with Crippen molar-refractivity contribution < 1.29 is 4.74 Å². The number of benzene rings is 1. The van der Waals surface area contributed by atoms with E-state index in [1.165, 1.54) is 5.56 Å². The second kappa shape index (κ2) is 8.55. The Bertz CT molecular complexity index is 411. The molecule has 19 heavy (non-hydrogen) atoms. The van der Waals surface area contributed by atoms with E-state index in [1.807, 2.05) is 25.1 Å². The summed E-state index contributed by atoms with van der Waals surface area (Å²) in [5.74, 6) is 1.45. The van der Waals surface area contributed by atoms with Crippen molar-refractivity contribution in [2.24, 2.45) is 0 Å². The first-order chi connectivity index (χ1) is 9.22. The Kier molecular flexibility index (Phi) is 6.99. The van der Waals surface area contributed by atoms with E-state index in [0.717, 1.165) is 18.7 Å². The Morgan fingerprint density at radius 1 is 1.32 bits per heavy atom. The molecule has 0 saturated heterocycles. The van der Waals surface area contributed by atoms with Gasteiger partial charge in [-0.1, -0.05) is 39.0 Å². The SMILES string of the molecule is CCNC(C#N)CCOc1ccccc1C(C)CC. The number of para-hydroxylation sites is 1. The van der Waals surface area contributed by atoms with E-state index >= 15 is 0 Å². The maximum absolute atomic E-state index is 8.97. The van der Waals surface area contributed by atoms with Crippen molar-refractivity contribution in [3.63, 3.8) is 0 Å². The third-order valence-electron chi connectivity index (χ3n) is 3.33. The Morgan fingerprint density at radius 3 is 2.68 bits per heavy atom. The van der Waals surface area contributed by atoms with E-state index in [9.17, 15) is 0 Å². The van der Waals surface area contributed by atoms with E-state index < -0.39 is 0 Å². The second-order valence-corrected chi connectivity index (χ2v) is 4.72. The minimum Gasteiger partial charge on any atom is -0.493 e. The molecule has 0 spiro atoms. The molecule has 0 bridgehead atoms. The Balaban J connectivity index is 2.56.